The number of tetrazole rings is 1. The number of hydrogen-bond donors (Lipinski definition) is 4. The molecule has 2 heterocycles. The number of aliphatic carboxylic acids is 1. The fraction of sp³-hybridized carbons (Fsp3) is 0.562. The van der Waals surface area contributed by atoms with E-state index in [4.69, 9.17) is 15.6 Å². The molecule has 3 unspecified atom stereocenters. The van der Waals surface area contributed by atoms with Crippen LogP contribution >= 0.6 is 0 Å². The molecule has 5 N–H and O–H groups in total. The van der Waals surface area contributed by atoms with Crippen molar-refractivity contribution < 1.29 is 19.7 Å². The number of pyridine rings is 1. The van der Waals surface area contributed by atoms with Crippen molar-refractivity contribution >= 4 is 5.97 Å². The highest BCUT2D eigenvalue weighted by Gasteiger charge is 2.35. The zero-order chi connectivity index (χ0) is 19.1. The van der Waals surface area contributed by atoms with Crippen molar-refractivity contribution in [3.8, 4) is 5.88 Å². The Morgan fingerprint density at radius 3 is 2.65 bits per heavy atom. The number of nitrogens with two attached hydrogens (primary N) is 1. The standard InChI is InChI=1S/C16H24N6O4/c1-9(2)14(16(24)25)12(15-19-21-22-20-15)5-10-3-4-13(18-6-10)26-8-11(17)7-23/h3-4,6,9,11-12,14,23H,5,7-8,17H2,1-2H3,(H,24,25)(H,19,20,21,22). The summed E-state index contributed by atoms with van der Waals surface area (Å²) >= 11 is 0. The van der Waals surface area contributed by atoms with Gasteiger partial charge in [-0.25, -0.2) is 4.98 Å². The van der Waals surface area contributed by atoms with E-state index < -0.39 is 23.8 Å². The first-order valence-corrected chi connectivity index (χ1v) is 8.32. The van der Waals surface area contributed by atoms with E-state index in [-0.39, 0.29) is 19.1 Å². The van der Waals surface area contributed by atoms with E-state index in [2.05, 4.69) is 25.6 Å². The molecule has 10 nitrogen and oxygen atoms in total. The number of nitrogens with zero attached hydrogens (tertiary/aromatic N) is 4. The summed E-state index contributed by atoms with van der Waals surface area (Å²) in [6.45, 7) is 3.69. The fourth-order valence-corrected chi connectivity index (χ4v) is 2.74. The predicted molar refractivity (Wildman–Crippen MR) is 91.4 cm³/mol. The quantitative estimate of drug-likeness (QED) is 0.454. The average molecular weight is 364 g/mol. The highest BCUT2D eigenvalue weighted by Crippen LogP contribution is 2.31. The Morgan fingerprint density at radius 2 is 2.15 bits per heavy atom. The number of hydrogen-bond acceptors (Lipinski definition) is 8. The Morgan fingerprint density at radius 1 is 1.38 bits per heavy atom. The van der Waals surface area contributed by atoms with E-state index in [0.717, 1.165) is 5.56 Å². The Hall–Kier alpha value is -2.59. The van der Waals surface area contributed by atoms with Gasteiger partial charge >= 0.3 is 5.97 Å². The first kappa shape index (κ1) is 19.7. The summed E-state index contributed by atoms with van der Waals surface area (Å²) in [5.41, 5.74) is 6.40. The number of carbonyl (C=O) groups is 1. The lowest BCUT2D eigenvalue weighted by Gasteiger charge is -2.24. The van der Waals surface area contributed by atoms with Crippen molar-refractivity contribution in [3.05, 3.63) is 29.7 Å². The van der Waals surface area contributed by atoms with Crippen LogP contribution in [0.25, 0.3) is 0 Å². The Balaban J connectivity index is 2.14. The molecule has 0 aromatic carbocycles. The van der Waals surface area contributed by atoms with Gasteiger partial charge in [-0.15, -0.1) is 10.2 Å². The lowest BCUT2D eigenvalue weighted by Crippen LogP contribution is -2.31. The molecule has 3 atom stereocenters. The van der Waals surface area contributed by atoms with Crippen LogP contribution in [-0.2, 0) is 11.2 Å². The number of aromatic nitrogens is 5. The Bertz CT molecular complexity index is 677. The van der Waals surface area contributed by atoms with Crippen LogP contribution in [0.5, 0.6) is 5.88 Å². The zero-order valence-corrected chi connectivity index (χ0v) is 14.7. The summed E-state index contributed by atoms with van der Waals surface area (Å²) in [7, 11) is 0. The summed E-state index contributed by atoms with van der Waals surface area (Å²) in [6.07, 6.45) is 2.02. The van der Waals surface area contributed by atoms with Crippen LogP contribution in [0.2, 0.25) is 0 Å². The molecule has 26 heavy (non-hydrogen) atoms. The number of aliphatic hydroxyl groups is 1. The van der Waals surface area contributed by atoms with Gasteiger partial charge < -0.3 is 20.7 Å². The van der Waals surface area contributed by atoms with Crippen LogP contribution in [0.15, 0.2) is 18.3 Å². The van der Waals surface area contributed by atoms with Crippen LogP contribution in [0.1, 0.15) is 31.2 Å². The molecule has 0 saturated heterocycles. The molecule has 2 aromatic rings. The van der Waals surface area contributed by atoms with E-state index in [1.165, 1.54) is 0 Å². The summed E-state index contributed by atoms with van der Waals surface area (Å²) in [6, 6.07) is 3.01. The van der Waals surface area contributed by atoms with Crippen molar-refractivity contribution in [2.75, 3.05) is 13.2 Å². The minimum atomic E-state index is -0.902. The molecule has 2 aromatic heterocycles. The number of ether oxygens (including phenoxy) is 1. The van der Waals surface area contributed by atoms with Crippen molar-refractivity contribution in [2.45, 2.75) is 32.2 Å². The zero-order valence-electron chi connectivity index (χ0n) is 14.7. The van der Waals surface area contributed by atoms with Crippen LogP contribution in [-0.4, -0.2) is 61.0 Å². The molecule has 0 fully saturated rings. The monoisotopic (exact) mass is 364 g/mol. The minimum Gasteiger partial charge on any atom is -0.481 e. The molecule has 0 saturated carbocycles. The first-order valence-electron chi connectivity index (χ1n) is 8.32. The molecular formula is C16H24N6O4. The first-order chi connectivity index (χ1) is 12.4. The maximum absolute atomic E-state index is 11.7. The normalized spacial score (nSPS) is 14.8. The van der Waals surface area contributed by atoms with E-state index in [0.29, 0.717) is 18.1 Å². The molecule has 0 radical (unpaired) electrons. The van der Waals surface area contributed by atoms with Crippen molar-refractivity contribution in [2.24, 2.45) is 17.6 Å². The summed E-state index contributed by atoms with van der Waals surface area (Å²) in [5.74, 6) is -1.37. The van der Waals surface area contributed by atoms with Gasteiger partial charge in [0.2, 0.25) is 5.88 Å². The maximum Gasteiger partial charge on any atom is 0.307 e. The van der Waals surface area contributed by atoms with E-state index >= 15 is 0 Å². The molecule has 0 amide bonds. The molecule has 142 valence electrons. The van der Waals surface area contributed by atoms with Crippen LogP contribution in [0, 0.1) is 11.8 Å². The van der Waals surface area contributed by atoms with Gasteiger partial charge in [-0.1, -0.05) is 25.1 Å². The third kappa shape index (κ3) is 5.20. The Labute approximate surface area is 150 Å². The number of aromatic amines is 1. The van der Waals surface area contributed by atoms with Crippen molar-refractivity contribution in [3.63, 3.8) is 0 Å². The van der Waals surface area contributed by atoms with Gasteiger partial charge in [-0.05, 0) is 17.9 Å². The molecule has 0 bridgehead atoms. The molecule has 0 aliphatic rings. The second-order valence-electron chi connectivity index (χ2n) is 6.45. The average Bonchev–Trinajstić information content (AvgIpc) is 3.14. The van der Waals surface area contributed by atoms with Crippen molar-refractivity contribution in [1.82, 2.24) is 25.6 Å². The van der Waals surface area contributed by atoms with E-state index in [1.54, 1.807) is 18.3 Å². The third-order valence-corrected chi connectivity index (χ3v) is 4.06. The van der Waals surface area contributed by atoms with Gasteiger partial charge in [0, 0.05) is 18.2 Å². The van der Waals surface area contributed by atoms with Crippen LogP contribution < -0.4 is 10.5 Å². The highest BCUT2D eigenvalue weighted by atomic mass is 16.5. The molecule has 0 aliphatic carbocycles. The highest BCUT2D eigenvalue weighted by molar-refractivity contribution is 5.71. The summed E-state index contributed by atoms with van der Waals surface area (Å²) < 4.78 is 5.38. The summed E-state index contributed by atoms with van der Waals surface area (Å²) in [4.78, 5) is 15.9. The second kappa shape index (κ2) is 9.20. The largest absolute Gasteiger partial charge is 0.481 e. The predicted octanol–water partition coefficient (Wildman–Crippen LogP) is -0.0238. The number of aliphatic hydroxyl groups excluding tert-OH is 1. The van der Waals surface area contributed by atoms with Gasteiger partial charge in [0.1, 0.15) is 6.61 Å². The summed E-state index contributed by atoms with van der Waals surface area (Å²) in [5, 5.41) is 32.4. The number of carboxylic acids is 1. The smallest absolute Gasteiger partial charge is 0.307 e. The molecular weight excluding hydrogens is 340 g/mol. The SMILES string of the molecule is CC(C)C(C(=O)O)C(Cc1ccc(OCC(N)CO)nc1)c1nn[nH]n1. The lowest BCUT2D eigenvalue weighted by molar-refractivity contribution is -0.144. The molecule has 0 aliphatic heterocycles. The molecule has 0 spiro atoms. The van der Waals surface area contributed by atoms with Gasteiger partial charge in [0.05, 0.1) is 18.6 Å². The van der Waals surface area contributed by atoms with Gasteiger partial charge in [-0.2, -0.15) is 5.21 Å². The van der Waals surface area contributed by atoms with E-state index in [9.17, 15) is 9.90 Å². The number of carboxylic acid groups (broad SMARTS) is 1. The maximum atomic E-state index is 11.7. The fourth-order valence-electron chi connectivity index (χ4n) is 2.74. The van der Waals surface area contributed by atoms with Gasteiger partial charge in [0.25, 0.3) is 0 Å². The second-order valence-corrected chi connectivity index (χ2v) is 6.45. The van der Waals surface area contributed by atoms with E-state index in [1.807, 2.05) is 13.8 Å². The lowest BCUT2D eigenvalue weighted by atomic mass is 9.79. The number of rotatable bonds is 10. The third-order valence-electron chi connectivity index (χ3n) is 4.06. The minimum absolute atomic E-state index is 0.105. The number of nitrogens with one attached hydrogen (secondary N) is 1. The van der Waals surface area contributed by atoms with Crippen LogP contribution in [0.3, 0.4) is 0 Å². The molecule has 2 rings (SSSR count). The van der Waals surface area contributed by atoms with Gasteiger partial charge in [0.15, 0.2) is 5.82 Å². The van der Waals surface area contributed by atoms with Crippen LogP contribution in [0.4, 0.5) is 0 Å². The number of H-pyrrole nitrogens is 1. The topological polar surface area (TPSA) is 160 Å². The Kier molecular flexibility index (Phi) is 6.98. The molecule has 10 heteroatoms. The van der Waals surface area contributed by atoms with Crippen molar-refractivity contribution in [1.29, 1.82) is 0 Å². The van der Waals surface area contributed by atoms with Gasteiger partial charge in [-0.3, -0.25) is 4.79 Å².